The Hall–Kier alpha value is -5.58. The van der Waals surface area contributed by atoms with Crippen LogP contribution < -0.4 is 9.47 Å². The van der Waals surface area contributed by atoms with Crippen LogP contribution >= 0.6 is 0 Å². The third-order valence-electron chi connectivity index (χ3n) is 5.62. The maximum atomic E-state index is 12.4. The van der Waals surface area contributed by atoms with Gasteiger partial charge in [0.15, 0.2) is 0 Å². The van der Waals surface area contributed by atoms with Gasteiger partial charge in [-0.3, -0.25) is 25.2 Å². The lowest BCUT2D eigenvalue weighted by Gasteiger charge is -2.09. The first-order valence-corrected chi connectivity index (χ1v) is 11.2. The predicted octanol–water partition coefficient (Wildman–Crippen LogP) is 6.48. The molecule has 0 atom stereocenters. The Morgan fingerprint density at radius 2 is 1.61 bits per heavy atom. The zero-order chi connectivity index (χ0) is 26.6. The second kappa shape index (κ2) is 10.2. The van der Waals surface area contributed by atoms with Crippen molar-refractivity contribution in [2.24, 2.45) is 0 Å². The van der Waals surface area contributed by atoms with E-state index in [1.165, 1.54) is 42.5 Å². The fourth-order valence-corrected chi connectivity index (χ4v) is 3.85. The van der Waals surface area contributed by atoms with Crippen molar-refractivity contribution >= 4 is 28.5 Å². The lowest BCUT2D eigenvalue weighted by molar-refractivity contribution is -0.385. The molecular weight excluding hydrogens is 494 g/mol. The number of fused-ring (bicyclic) bond motifs is 1. The minimum atomic E-state index is -1.11. The molecule has 0 saturated heterocycles. The SMILES string of the molecule is O=C(Oc1ccc([N+](=O)[O-])cc1)Oc1ccc([N+](=O)[O-])cc1Cc1cc2cc(-c3cccnc3)ccc2o1. The first-order chi connectivity index (χ1) is 18.4. The van der Waals surface area contributed by atoms with E-state index in [2.05, 4.69) is 4.98 Å². The first kappa shape index (κ1) is 24.1. The van der Waals surface area contributed by atoms with Crippen molar-refractivity contribution in [1.29, 1.82) is 0 Å². The number of ether oxygens (including phenoxy) is 2. The highest BCUT2D eigenvalue weighted by atomic mass is 16.7. The number of carbonyl (C=O) groups is 1. The smallest absolute Gasteiger partial charge is 0.461 e. The molecule has 2 aromatic heterocycles. The number of nitrogens with zero attached hydrogens (tertiary/aromatic N) is 3. The van der Waals surface area contributed by atoms with Gasteiger partial charge in [-0.2, -0.15) is 0 Å². The van der Waals surface area contributed by atoms with Crippen LogP contribution in [0.3, 0.4) is 0 Å². The summed E-state index contributed by atoms with van der Waals surface area (Å²) in [5, 5.41) is 23.0. The lowest BCUT2D eigenvalue weighted by Crippen LogP contribution is -2.15. The normalized spacial score (nSPS) is 10.7. The molecule has 3 aromatic carbocycles. The third kappa shape index (κ3) is 5.31. The molecule has 0 saturated carbocycles. The highest BCUT2D eigenvalue weighted by Crippen LogP contribution is 2.31. The number of rotatable bonds is 7. The van der Waals surface area contributed by atoms with Crippen molar-refractivity contribution in [2.75, 3.05) is 0 Å². The van der Waals surface area contributed by atoms with Crippen molar-refractivity contribution in [3.63, 3.8) is 0 Å². The number of benzene rings is 3. The zero-order valence-corrected chi connectivity index (χ0v) is 19.5. The summed E-state index contributed by atoms with van der Waals surface area (Å²) in [6, 6.07) is 20.0. The quantitative estimate of drug-likeness (QED) is 0.104. The van der Waals surface area contributed by atoms with Crippen molar-refractivity contribution < 1.29 is 28.5 Å². The van der Waals surface area contributed by atoms with Gasteiger partial charge in [-0.05, 0) is 48.0 Å². The molecule has 0 aliphatic heterocycles. The van der Waals surface area contributed by atoms with Crippen molar-refractivity contribution in [3.05, 3.63) is 123 Å². The molecular formula is C27H17N3O8. The van der Waals surface area contributed by atoms with Crippen LogP contribution in [0.1, 0.15) is 11.3 Å². The molecule has 0 N–H and O–H groups in total. The molecule has 0 aliphatic rings. The summed E-state index contributed by atoms with van der Waals surface area (Å²) in [5.41, 5.74) is 2.49. The van der Waals surface area contributed by atoms with Crippen LogP contribution in [0.5, 0.6) is 11.5 Å². The summed E-state index contributed by atoms with van der Waals surface area (Å²) in [7, 11) is 0. The molecule has 5 aromatic rings. The van der Waals surface area contributed by atoms with Gasteiger partial charge in [-0.15, -0.1) is 0 Å². The molecule has 2 heterocycles. The highest BCUT2D eigenvalue weighted by Gasteiger charge is 2.18. The van der Waals surface area contributed by atoms with Crippen LogP contribution in [0, 0.1) is 20.2 Å². The van der Waals surface area contributed by atoms with E-state index in [0.717, 1.165) is 16.5 Å². The zero-order valence-electron chi connectivity index (χ0n) is 19.5. The standard InChI is InChI=1S/C27H17N3O8/c31-27(37-23-7-4-21(5-8-23)29(32)33)38-26-10-6-22(30(34)35)13-20(26)15-24-14-19-12-17(3-9-25(19)36-24)18-2-1-11-28-16-18/h1-14,16H,15H2. The Labute approximate surface area is 214 Å². The molecule has 11 heteroatoms. The van der Waals surface area contributed by atoms with Crippen molar-refractivity contribution in [3.8, 4) is 22.6 Å². The number of non-ortho nitro benzene ring substituents is 2. The number of nitro benzene ring substituents is 2. The number of pyridine rings is 1. The molecule has 0 radical (unpaired) electrons. The van der Waals surface area contributed by atoms with E-state index in [1.54, 1.807) is 12.4 Å². The molecule has 0 fully saturated rings. The summed E-state index contributed by atoms with van der Waals surface area (Å²) in [4.78, 5) is 37.6. The van der Waals surface area contributed by atoms with Crippen LogP contribution in [-0.2, 0) is 6.42 Å². The maximum Gasteiger partial charge on any atom is 0.519 e. The Morgan fingerprint density at radius 1 is 0.842 bits per heavy atom. The number of hydrogen-bond acceptors (Lipinski definition) is 9. The van der Waals surface area contributed by atoms with Crippen molar-refractivity contribution in [1.82, 2.24) is 4.98 Å². The summed E-state index contributed by atoms with van der Waals surface area (Å²) < 4.78 is 16.3. The van der Waals surface area contributed by atoms with E-state index in [0.29, 0.717) is 16.9 Å². The second-order valence-electron chi connectivity index (χ2n) is 8.14. The van der Waals surface area contributed by atoms with Crippen molar-refractivity contribution in [2.45, 2.75) is 6.42 Å². The molecule has 5 rings (SSSR count). The minimum Gasteiger partial charge on any atom is -0.461 e. The van der Waals surface area contributed by atoms with Gasteiger partial charge in [0.2, 0.25) is 0 Å². The molecule has 0 bridgehead atoms. The van der Waals surface area contributed by atoms with E-state index < -0.39 is 16.0 Å². The summed E-state index contributed by atoms with van der Waals surface area (Å²) in [6.45, 7) is 0. The Morgan fingerprint density at radius 3 is 2.32 bits per heavy atom. The number of hydrogen-bond donors (Lipinski definition) is 0. The van der Waals surface area contributed by atoms with Gasteiger partial charge in [0.05, 0.1) is 9.85 Å². The highest BCUT2D eigenvalue weighted by molar-refractivity contribution is 5.84. The topological polar surface area (TPSA) is 148 Å². The van der Waals surface area contributed by atoms with E-state index in [1.807, 2.05) is 36.4 Å². The predicted molar refractivity (Wildman–Crippen MR) is 135 cm³/mol. The van der Waals surface area contributed by atoms with Gasteiger partial charge in [0.1, 0.15) is 22.8 Å². The van der Waals surface area contributed by atoms with E-state index in [-0.39, 0.29) is 29.3 Å². The maximum absolute atomic E-state index is 12.4. The Balaban J connectivity index is 1.39. The number of aromatic nitrogens is 1. The molecule has 0 spiro atoms. The third-order valence-corrected chi connectivity index (χ3v) is 5.62. The summed E-state index contributed by atoms with van der Waals surface area (Å²) in [6.07, 6.45) is 2.43. The van der Waals surface area contributed by atoms with Crippen LogP contribution in [-0.4, -0.2) is 21.0 Å². The van der Waals surface area contributed by atoms with Gasteiger partial charge < -0.3 is 13.9 Å². The number of carbonyl (C=O) groups excluding carboxylic acids is 1. The van der Waals surface area contributed by atoms with Gasteiger partial charge in [0.25, 0.3) is 11.4 Å². The van der Waals surface area contributed by atoms with Gasteiger partial charge in [0, 0.05) is 59.6 Å². The molecule has 0 amide bonds. The molecule has 11 nitrogen and oxygen atoms in total. The van der Waals surface area contributed by atoms with Crippen LogP contribution in [0.4, 0.5) is 16.2 Å². The fraction of sp³-hybridized carbons (Fsp3) is 0.0370. The summed E-state index contributed by atoms with van der Waals surface area (Å²) in [5.74, 6) is 0.571. The second-order valence-corrected chi connectivity index (χ2v) is 8.14. The number of nitro groups is 2. The van der Waals surface area contributed by atoms with Crippen LogP contribution in [0.2, 0.25) is 0 Å². The molecule has 0 unspecified atom stereocenters. The van der Waals surface area contributed by atoms with E-state index in [4.69, 9.17) is 13.9 Å². The van der Waals surface area contributed by atoms with E-state index >= 15 is 0 Å². The Bertz CT molecular complexity index is 1660. The lowest BCUT2D eigenvalue weighted by atomic mass is 10.1. The fourth-order valence-electron chi connectivity index (χ4n) is 3.85. The molecule has 0 aliphatic carbocycles. The Kier molecular flexibility index (Phi) is 6.47. The van der Waals surface area contributed by atoms with E-state index in [9.17, 15) is 25.0 Å². The van der Waals surface area contributed by atoms with Crippen LogP contribution in [0.15, 0.2) is 95.7 Å². The molecule has 38 heavy (non-hydrogen) atoms. The van der Waals surface area contributed by atoms with Crippen LogP contribution in [0.25, 0.3) is 22.1 Å². The average molecular weight is 511 g/mol. The first-order valence-electron chi connectivity index (χ1n) is 11.2. The van der Waals surface area contributed by atoms with Gasteiger partial charge in [-0.25, -0.2) is 4.79 Å². The summed E-state index contributed by atoms with van der Waals surface area (Å²) >= 11 is 0. The monoisotopic (exact) mass is 511 g/mol. The number of furan rings is 1. The average Bonchev–Trinajstić information content (AvgIpc) is 3.32. The molecule has 188 valence electrons. The largest absolute Gasteiger partial charge is 0.519 e. The van der Waals surface area contributed by atoms with Gasteiger partial charge >= 0.3 is 6.16 Å². The minimum absolute atomic E-state index is 0.0331. The van der Waals surface area contributed by atoms with Gasteiger partial charge in [-0.1, -0.05) is 12.1 Å².